The van der Waals surface area contributed by atoms with E-state index >= 15 is 0 Å². The molecule has 1 aliphatic rings. The van der Waals surface area contributed by atoms with E-state index in [0.717, 1.165) is 18.9 Å². The lowest BCUT2D eigenvalue weighted by molar-refractivity contribution is -0.141. The van der Waals surface area contributed by atoms with Crippen LogP contribution in [-0.4, -0.2) is 30.9 Å². The third kappa shape index (κ3) is 6.36. The number of hydrogen-bond acceptors (Lipinski definition) is 4. The smallest absolute Gasteiger partial charge is 0.302 e. The van der Waals surface area contributed by atoms with Crippen molar-refractivity contribution in [2.75, 3.05) is 18.5 Å². The number of amides is 2. The summed E-state index contributed by atoms with van der Waals surface area (Å²) in [4.78, 5) is 35.7. The predicted molar refractivity (Wildman–Crippen MR) is 99.8 cm³/mol. The maximum Gasteiger partial charge on any atom is 0.302 e. The fourth-order valence-electron chi connectivity index (χ4n) is 2.79. The molecule has 2 rings (SSSR count). The van der Waals surface area contributed by atoms with Crippen LogP contribution in [0.3, 0.4) is 0 Å². The van der Waals surface area contributed by atoms with Gasteiger partial charge in [-0.25, -0.2) is 4.39 Å². The molecular formula is C19H22ClFN2O4. The molecule has 0 aliphatic heterocycles. The number of hydrogen-bond donors (Lipinski definition) is 2. The highest BCUT2D eigenvalue weighted by Crippen LogP contribution is 2.27. The number of halogens is 2. The molecule has 2 N–H and O–H groups in total. The van der Waals surface area contributed by atoms with E-state index in [1.807, 2.05) is 0 Å². The first kappa shape index (κ1) is 20.9. The molecule has 1 aromatic carbocycles. The van der Waals surface area contributed by atoms with E-state index in [0.29, 0.717) is 37.0 Å². The lowest BCUT2D eigenvalue weighted by Crippen LogP contribution is -2.31. The maximum atomic E-state index is 13.9. The summed E-state index contributed by atoms with van der Waals surface area (Å²) in [5.41, 5.74) is 0.803. The average molecular weight is 397 g/mol. The van der Waals surface area contributed by atoms with Crippen LogP contribution >= 0.6 is 11.6 Å². The second-order valence-corrected chi connectivity index (χ2v) is 6.63. The number of carbonyl (C=O) groups excluding carboxylic acids is 3. The van der Waals surface area contributed by atoms with Gasteiger partial charge in [0.1, 0.15) is 5.82 Å². The van der Waals surface area contributed by atoms with Gasteiger partial charge in [0.2, 0.25) is 5.91 Å². The van der Waals surface area contributed by atoms with Gasteiger partial charge in [0.15, 0.2) is 0 Å². The molecular weight excluding hydrogens is 375 g/mol. The first-order valence-corrected chi connectivity index (χ1v) is 9.16. The first-order chi connectivity index (χ1) is 12.9. The van der Waals surface area contributed by atoms with E-state index in [9.17, 15) is 18.8 Å². The average Bonchev–Trinajstić information content (AvgIpc) is 2.63. The van der Waals surface area contributed by atoms with Crippen molar-refractivity contribution in [1.29, 1.82) is 0 Å². The van der Waals surface area contributed by atoms with E-state index in [4.69, 9.17) is 16.3 Å². The summed E-state index contributed by atoms with van der Waals surface area (Å²) in [5.74, 6) is -1.81. The van der Waals surface area contributed by atoms with Crippen LogP contribution in [0.5, 0.6) is 0 Å². The summed E-state index contributed by atoms with van der Waals surface area (Å²) in [7, 11) is 0. The third-order valence-corrected chi connectivity index (χ3v) is 4.34. The van der Waals surface area contributed by atoms with Gasteiger partial charge in [0.25, 0.3) is 5.91 Å². The Morgan fingerprint density at radius 2 is 1.81 bits per heavy atom. The molecule has 2 amide bonds. The Bertz CT molecular complexity index is 764. The molecule has 0 radical (unpaired) electrons. The van der Waals surface area contributed by atoms with Crippen molar-refractivity contribution in [1.82, 2.24) is 5.32 Å². The number of nitrogens with one attached hydrogen (secondary N) is 2. The van der Waals surface area contributed by atoms with Crippen molar-refractivity contribution in [3.63, 3.8) is 0 Å². The number of carbonyl (C=O) groups is 3. The van der Waals surface area contributed by atoms with Crippen LogP contribution in [0, 0.1) is 5.82 Å². The molecule has 0 atom stereocenters. The van der Waals surface area contributed by atoms with Gasteiger partial charge in [0.05, 0.1) is 12.3 Å². The molecule has 0 bridgehead atoms. The molecule has 0 spiro atoms. The predicted octanol–water partition coefficient (Wildman–Crippen LogP) is 3.36. The van der Waals surface area contributed by atoms with Crippen molar-refractivity contribution >= 4 is 35.1 Å². The Labute approximate surface area is 162 Å². The number of ether oxygens (including phenoxy) is 1. The highest BCUT2D eigenvalue weighted by Gasteiger charge is 2.24. The van der Waals surface area contributed by atoms with E-state index in [1.54, 1.807) is 0 Å². The molecule has 0 fully saturated rings. The summed E-state index contributed by atoms with van der Waals surface area (Å²) in [6.45, 7) is 1.87. The maximum absolute atomic E-state index is 13.9. The standard InChI is InChI=1S/C19H22ClFN2O4/c1-12(24)27-10-4-9-22-18(25)14-5-2-3-6-15(14)19(26)23-17-8-7-13(20)11-16(17)21/h7-8,11H,2-6,9-10H2,1H3,(H,22,25)(H,23,26). The SMILES string of the molecule is CC(=O)OCCCNC(=O)C1=C(C(=O)Nc2ccc(Cl)cc2F)CCCC1. The highest BCUT2D eigenvalue weighted by atomic mass is 35.5. The molecule has 0 heterocycles. The molecule has 27 heavy (non-hydrogen) atoms. The number of rotatable bonds is 7. The quantitative estimate of drug-likeness (QED) is 0.546. The fourth-order valence-corrected chi connectivity index (χ4v) is 2.95. The van der Waals surface area contributed by atoms with Crippen molar-refractivity contribution < 1.29 is 23.5 Å². The van der Waals surface area contributed by atoms with Gasteiger partial charge in [0, 0.05) is 29.6 Å². The molecule has 0 unspecified atom stereocenters. The number of benzene rings is 1. The molecule has 0 saturated carbocycles. The Kier molecular flexibility index (Phi) is 7.79. The zero-order valence-corrected chi connectivity index (χ0v) is 15.8. The molecule has 0 aromatic heterocycles. The summed E-state index contributed by atoms with van der Waals surface area (Å²) < 4.78 is 18.7. The van der Waals surface area contributed by atoms with E-state index in [1.165, 1.54) is 19.1 Å². The number of anilines is 1. The molecule has 6 nitrogen and oxygen atoms in total. The minimum atomic E-state index is -0.635. The Hall–Kier alpha value is -2.41. The summed E-state index contributed by atoms with van der Waals surface area (Å²) in [6, 6.07) is 3.98. The normalized spacial score (nSPS) is 13.9. The zero-order chi connectivity index (χ0) is 19.8. The Balaban J connectivity index is 2.02. The lowest BCUT2D eigenvalue weighted by Gasteiger charge is -2.19. The summed E-state index contributed by atoms with van der Waals surface area (Å²) in [6.07, 6.45) is 3.02. The number of esters is 1. The summed E-state index contributed by atoms with van der Waals surface area (Å²) >= 11 is 5.71. The minimum absolute atomic E-state index is 0.0172. The van der Waals surface area contributed by atoms with Crippen molar-refractivity contribution in [2.45, 2.75) is 39.0 Å². The van der Waals surface area contributed by atoms with E-state index < -0.39 is 11.7 Å². The largest absolute Gasteiger partial charge is 0.466 e. The van der Waals surface area contributed by atoms with Crippen LogP contribution in [-0.2, 0) is 19.1 Å². The van der Waals surface area contributed by atoms with Gasteiger partial charge in [-0.3, -0.25) is 14.4 Å². The summed E-state index contributed by atoms with van der Waals surface area (Å²) in [5, 5.41) is 5.48. The van der Waals surface area contributed by atoms with Crippen LogP contribution in [0.15, 0.2) is 29.3 Å². The highest BCUT2D eigenvalue weighted by molar-refractivity contribution is 6.30. The zero-order valence-electron chi connectivity index (χ0n) is 15.1. The minimum Gasteiger partial charge on any atom is -0.466 e. The second kappa shape index (κ2) is 10.1. The monoisotopic (exact) mass is 396 g/mol. The molecule has 1 aromatic rings. The van der Waals surface area contributed by atoms with Gasteiger partial charge in [-0.15, -0.1) is 0 Å². The van der Waals surface area contributed by atoms with Gasteiger partial charge in [-0.2, -0.15) is 0 Å². The van der Waals surface area contributed by atoms with E-state index in [2.05, 4.69) is 10.6 Å². The Morgan fingerprint density at radius 1 is 1.15 bits per heavy atom. The van der Waals surface area contributed by atoms with Crippen LogP contribution in [0.4, 0.5) is 10.1 Å². The van der Waals surface area contributed by atoms with Gasteiger partial charge < -0.3 is 15.4 Å². The topological polar surface area (TPSA) is 84.5 Å². The van der Waals surface area contributed by atoms with Crippen LogP contribution in [0.1, 0.15) is 39.0 Å². The third-order valence-electron chi connectivity index (χ3n) is 4.11. The molecule has 146 valence electrons. The second-order valence-electron chi connectivity index (χ2n) is 6.19. The van der Waals surface area contributed by atoms with E-state index in [-0.39, 0.29) is 29.2 Å². The van der Waals surface area contributed by atoms with Crippen molar-refractivity contribution in [2.24, 2.45) is 0 Å². The first-order valence-electron chi connectivity index (χ1n) is 8.78. The Morgan fingerprint density at radius 3 is 2.44 bits per heavy atom. The van der Waals surface area contributed by atoms with Gasteiger partial charge in [-0.05, 0) is 50.3 Å². The van der Waals surface area contributed by atoms with Crippen LogP contribution in [0.25, 0.3) is 0 Å². The molecule has 1 aliphatic carbocycles. The molecule has 8 heteroatoms. The van der Waals surface area contributed by atoms with Gasteiger partial charge in [-0.1, -0.05) is 11.6 Å². The fraction of sp³-hybridized carbons (Fsp3) is 0.421. The lowest BCUT2D eigenvalue weighted by atomic mass is 9.90. The van der Waals surface area contributed by atoms with Crippen molar-refractivity contribution in [3.8, 4) is 0 Å². The molecule has 0 saturated heterocycles. The van der Waals surface area contributed by atoms with Crippen molar-refractivity contribution in [3.05, 3.63) is 40.2 Å². The van der Waals surface area contributed by atoms with Crippen LogP contribution < -0.4 is 10.6 Å². The van der Waals surface area contributed by atoms with Gasteiger partial charge >= 0.3 is 5.97 Å². The van der Waals surface area contributed by atoms with Crippen LogP contribution in [0.2, 0.25) is 5.02 Å².